The number of hydrogen-bond acceptors (Lipinski definition) is 3. The number of nitrogens with zero attached hydrogens (tertiary/aromatic N) is 2. The first-order chi connectivity index (χ1) is 7.69. The van der Waals surface area contributed by atoms with Gasteiger partial charge in [-0.05, 0) is 18.8 Å². The number of amides is 2. The van der Waals surface area contributed by atoms with Crippen molar-refractivity contribution in [2.75, 3.05) is 19.6 Å². The molecule has 0 aromatic rings. The van der Waals surface area contributed by atoms with E-state index in [2.05, 4.69) is 12.2 Å². The largest absolute Gasteiger partial charge is 0.335 e. The summed E-state index contributed by atoms with van der Waals surface area (Å²) in [5.41, 5.74) is 0. The molecule has 1 fully saturated rings. The third-order valence-electron chi connectivity index (χ3n) is 3.00. The molecule has 0 saturated carbocycles. The van der Waals surface area contributed by atoms with Crippen LogP contribution in [0.15, 0.2) is 0 Å². The van der Waals surface area contributed by atoms with Gasteiger partial charge in [0.15, 0.2) is 0 Å². The number of hydrogen-bond donors (Lipinski definition) is 1. The van der Waals surface area contributed by atoms with Crippen molar-refractivity contribution in [3.05, 3.63) is 0 Å². The van der Waals surface area contributed by atoms with Gasteiger partial charge < -0.3 is 10.2 Å². The van der Waals surface area contributed by atoms with Gasteiger partial charge in [0, 0.05) is 13.1 Å². The second-order valence-electron chi connectivity index (χ2n) is 3.98. The van der Waals surface area contributed by atoms with Crippen molar-refractivity contribution in [3.8, 4) is 6.07 Å². The molecule has 1 rings (SSSR count). The van der Waals surface area contributed by atoms with Crippen LogP contribution in [-0.4, -0.2) is 36.3 Å². The number of carbonyl (C=O) groups is 2. The molecule has 5 heteroatoms. The fraction of sp³-hybridized carbons (Fsp3) is 0.727. The molecule has 2 amide bonds. The maximum Gasteiger partial charge on any atom is 0.311 e. The monoisotopic (exact) mass is 223 g/mol. The van der Waals surface area contributed by atoms with Crippen molar-refractivity contribution in [1.82, 2.24) is 10.2 Å². The minimum atomic E-state index is -0.670. The topological polar surface area (TPSA) is 73.2 Å². The highest BCUT2D eigenvalue weighted by atomic mass is 16.2. The first-order valence-corrected chi connectivity index (χ1v) is 5.63. The molecule has 16 heavy (non-hydrogen) atoms. The number of rotatable bonds is 2. The molecule has 1 aliphatic heterocycles. The van der Waals surface area contributed by atoms with Crippen molar-refractivity contribution in [2.45, 2.75) is 26.2 Å². The Morgan fingerprint density at radius 1 is 1.44 bits per heavy atom. The third-order valence-corrected chi connectivity index (χ3v) is 3.00. The zero-order chi connectivity index (χ0) is 12.0. The predicted octanol–water partition coefficient (Wildman–Crippen LogP) is 0.275. The Kier molecular flexibility index (Phi) is 4.77. The highest BCUT2D eigenvalue weighted by molar-refractivity contribution is 6.35. The van der Waals surface area contributed by atoms with E-state index in [1.165, 1.54) is 0 Å². The summed E-state index contributed by atoms with van der Waals surface area (Å²) in [6.45, 7) is 3.33. The maximum atomic E-state index is 11.6. The molecule has 5 nitrogen and oxygen atoms in total. The molecule has 0 bridgehead atoms. The van der Waals surface area contributed by atoms with Gasteiger partial charge >= 0.3 is 11.8 Å². The van der Waals surface area contributed by atoms with E-state index < -0.39 is 11.8 Å². The lowest BCUT2D eigenvalue weighted by molar-refractivity contribution is -0.146. The van der Waals surface area contributed by atoms with E-state index in [0.29, 0.717) is 19.0 Å². The zero-order valence-electron chi connectivity index (χ0n) is 9.53. The molecule has 0 aliphatic carbocycles. The fourth-order valence-electron chi connectivity index (χ4n) is 1.88. The van der Waals surface area contributed by atoms with Crippen molar-refractivity contribution in [2.24, 2.45) is 5.92 Å². The van der Waals surface area contributed by atoms with Gasteiger partial charge in [-0.15, -0.1) is 0 Å². The normalized spacial score (nSPS) is 16.6. The molecule has 0 atom stereocenters. The highest BCUT2D eigenvalue weighted by Crippen LogP contribution is 2.19. The molecule has 1 saturated heterocycles. The Balaban J connectivity index is 2.38. The molecule has 1 heterocycles. The van der Waals surface area contributed by atoms with Crippen LogP contribution in [0.25, 0.3) is 0 Å². The molecule has 1 N–H and O–H groups in total. The van der Waals surface area contributed by atoms with Gasteiger partial charge in [-0.2, -0.15) is 5.26 Å². The molecule has 0 unspecified atom stereocenters. The Bertz CT molecular complexity index is 301. The van der Waals surface area contributed by atoms with Crippen molar-refractivity contribution in [3.63, 3.8) is 0 Å². The van der Waals surface area contributed by atoms with Crippen LogP contribution < -0.4 is 5.32 Å². The second kappa shape index (κ2) is 6.11. The van der Waals surface area contributed by atoms with Gasteiger partial charge in [0.25, 0.3) is 0 Å². The fourth-order valence-corrected chi connectivity index (χ4v) is 1.88. The molecule has 0 aromatic heterocycles. The maximum absolute atomic E-state index is 11.6. The molecule has 88 valence electrons. The summed E-state index contributed by atoms with van der Waals surface area (Å²) in [5, 5.41) is 10.5. The van der Waals surface area contributed by atoms with E-state index in [1.54, 1.807) is 11.0 Å². The predicted molar refractivity (Wildman–Crippen MR) is 58.2 cm³/mol. The van der Waals surface area contributed by atoms with E-state index in [9.17, 15) is 9.59 Å². The zero-order valence-corrected chi connectivity index (χ0v) is 9.53. The number of likely N-dealkylation sites (tertiary alicyclic amines) is 1. The van der Waals surface area contributed by atoms with Gasteiger partial charge in [-0.3, -0.25) is 9.59 Å². The summed E-state index contributed by atoms with van der Waals surface area (Å²) in [7, 11) is 0. The molecule has 0 aromatic carbocycles. The Morgan fingerprint density at radius 3 is 2.56 bits per heavy atom. The minimum absolute atomic E-state index is 0.115. The quantitative estimate of drug-likeness (QED) is 0.539. The molecular formula is C11H17N3O2. The Hall–Kier alpha value is -1.57. The van der Waals surface area contributed by atoms with Crippen molar-refractivity contribution in [1.29, 1.82) is 5.26 Å². The second-order valence-corrected chi connectivity index (χ2v) is 3.98. The summed E-state index contributed by atoms with van der Waals surface area (Å²) >= 11 is 0. The molecule has 0 spiro atoms. The van der Waals surface area contributed by atoms with Gasteiger partial charge in [-0.25, -0.2) is 0 Å². The lowest BCUT2D eigenvalue weighted by atomic mass is 9.94. The van der Waals surface area contributed by atoms with Gasteiger partial charge in [0.1, 0.15) is 6.54 Å². The van der Waals surface area contributed by atoms with Crippen LogP contribution in [0.5, 0.6) is 0 Å². The summed E-state index contributed by atoms with van der Waals surface area (Å²) in [6, 6.07) is 1.77. The van der Waals surface area contributed by atoms with Crippen LogP contribution >= 0.6 is 0 Å². The van der Waals surface area contributed by atoms with E-state index in [1.807, 2.05) is 0 Å². The van der Waals surface area contributed by atoms with Crippen molar-refractivity contribution < 1.29 is 9.59 Å². The van der Waals surface area contributed by atoms with Gasteiger partial charge in [0.05, 0.1) is 6.07 Å². The third kappa shape index (κ3) is 3.23. The van der Waals surface area contributed by atoms with E-state index in [-0.39, 0.29) is 6.54 Å². The van der Waals surface area contributed by atoms with E-state index in [4.69, 9.17) is 5.26 Å². The average molecular weight is 223 g/mol. The smallest absolute Gasteiger partial charge is 0.311 e. The van der Waals surface area contributed by atoms with Crippen LogP contribution in [0, 0.1) is 17.2 Å². The number of piperidine rings is 1. The molecular weight excluding hydrogens is 206 g/mol. The molecule has 0 radical (unpaired) electrons. The van der Waals surface area contributed by atoms with Crippen LogP contribution in [0.2, 0.25) is 0 Å². The van der Waals surface area contributed by atoms with Crippen LogP contribution in [-0.2, 0) is 9.59 Å². The van der Waals surface area contributed by atoms with Crippen LogP contribution in [0.4, 0.5) is 0 Å². The Morgan fingerprint density at radius 2 is 2.06 bits per heavy atom. The number of nitrogens with one attached hydrogen (secondary N) is 1. The standard InChI is InChI=1S/C11H17N3O2/c1-2-9-3-7-14(8-4-9)11(16)10(15)13-6-5-12/h9H,2-4,6-8H2,1H3,(H,13,15). The van der Waals surface area contributed by atoms with E-state index in [0.717, 1.165) is 19.3 Å². The minimum Gasteiger partial charge on any atom is -0.335 e. The van der Waals surface area contributed by atoms with E-state index >= 15 is 0 Å². The van der Waals surface area contributed by atoms with Crippen LogP contribution in [0.1, 0.15) is 26.2 Å². The first-order valence-electron chi connectivity index (χ1n) is 5.63. The summed E-state index contributed by atoms with van der Waals surface area (Å²) in [6.07, 6.45) is 3.06. The first kappa shape index (κ1) is 12.5. The lowest BCUT2D eigenvalue weighted by Crippen LogP contribution is -2.46. The van der Waals surface area contributed by atoms with Gasteiger partial charge in [0.2, 0.25) is 0 Å². The van der Waals surface area contributed by atoms with Crippen LogP contribution in [0.3, 0.4) is 0 Å². The number of nitriles is 1. The summed E-state index contributed by atoms with van der Waals surface area (Å²) in [4.78, 5) is 24.5. The SMILES string of the molecule is CCC1CCN(C(=O)C(=O)NCC#N)CC1. The van der Waals surface area contributed by atoms with Crippen molar-refractivity contribution >= 4 is 11.8 Å². The Labute approximate surface area is 95.4 Å². The lowest BCUT2D eigenvalue weighted by Gasteiger charge is -2.30. The summed E-state index contributed by atoms with van der Waals surface area (Å²) < 4.78 is 0. The van der Waals surface area contributed by atoms with Gasteiger partial charge in [-0.1, -0.05) is 13.3 Å². The average Bonchev–Trinajstić information content (AvgIpc) is 2.35. The highest BCUT2D eigenvalue weighted by Gasteiger charge is 2.25. The molecule has 1 aliphatic rings. The summed E-state index contributed by atoms with van der Waals surface area (Å²) in [5.74, 6) is -0.507. The number of carbonyl (C=O) groups excluding carboxylic acids is 2.